The van der Waals surface area contributed by atoms with E-state index < -0.39 is 0 Å². The number of anilines is 1. The Kier molecular flexibility index (Phi) is 7.95. The van der Waals surface area contributed by atoms with Crippen molar-refractivity contribution in [3.8, 4) is 17.2 Å². The minimum absolute atomic E-state index is 0.183. The normalized spacial score (nSPS) is 12.4. The molecule has 186 valence electrons. The third-order valence-electron chi connectivity index (χ3n) is 6.50. The van der Waals surface area contributed by atoms with Crippen LogP contribution in [0.3, 0.4) is 0 Å². The van der Waals surface area contributed by atoms with Crippen molar-refractivity contribution >= 4 is 22.6 Å². The predicted molar refractivity (Wildman–Crippen MR) is 136 cm³/mol. The van der Waals surface area contributed by atoms with Gasteiger partial charge >= 0.3 is 5.63 Å². The highest BCUT2D eigenvalue weighted by Gasteiger charge is 2.21. The molecule has 2 aromatic carbocycles. The van der Waals surface area contributed by atoms with E-state index in [2.05, 4.69) is 18.3 Å². The van der Waals surface area contributed by atoms with Gasteiger partial charge in [0.1, 0.15) is 22.8 Å². The first-order chi connectivity index (χ1) is 17.0. The third-order valence-corrected chi connectivity index (χ3v) is 6.50. The predicted octanol–water partition coefficient (Wildman–Crippen LogP) is 5.44. The number of unbranched alkanes of at least 4 members (excludes halogenated alkanes) is 3. The maximum Gasteiger partial charge on any atom is 0.339 e. The molecule has 0 bridgehead atoms. The minimum atomic E-state index is -0.319. The van der Waals surface area contributed by atoms with Crippen molar-refractivity contribution in [2.45, 2.75) is 58.3 Å². The SMILES string of the molecule is CCCCCCc1cc2c3c(c(=O)oc2cc1OCC(=O)Nc1ccc(OC)cc1OC)CCC3. The van der Waals surface area contributed by atoms with E-state index >= 15 is 0 Å². The lowest BCUT2D eigenvalue weighted by Crippen LogP contribution is -2.21. The smallest absolute Gasteiger partial charge is 0.339 e. The highest BCUT2D eigenvalue weighted by atomic mass is 16.5. The zero-order chi connectivity index (χ0) is 24.8. The fraction of sp³-hybridized carbons (Fsp3) is 0.429. The Morgan fingerprint density at radius 1 is 1.00 bits per heavy atom. The monoisotopic (exact) mass is 479 g/mol. The van der Waals surface area contributed by atoms with E-state index in [1.165, 1.54) is 13.5 Å². The van der Waals surface area contributed by atoms with Crippen LogP contribution in [0.5, 0.6) is 17.2 Å². The van der Waals surface area contributed by atoms with Gasteiger partial charge in [-0.05, 0) is 61.4 Å². The summed E-state index contributed by atoms with van der Waals surface area (Å²) in [6, 6.07) is 9.03. The second-order valence-electron chi connectivity index (χ2n) is 8.87. The van der Waals surface area contributed by atoms with Crippen molar-refractivity contribution < 1.29 is 23.4 Å². The van der Waals surface area contributed by atoms with Crippen LogP contribution in [0.15, 0.2) is 39.5 Å². The van der Waals surface area contributed by atoms with Crippen LogP contribution in [0.4, 0.5) is 5.69 Å². The quantitative estimate of drug-likeness (QED) is 0.291. The van der Waals surface area contributed by atoms with Crippen LogP contribution in [-0.4, -0.2) is 26.7 Å². The number of hydrogen-bond acceptors (Lipinski definition) is 6. The van der Waals surface area contributed by atoms with E-state index in [9.17, 15) is 9.59 Å². The van der Waals surface area contributed by atoms with Crippen molar-refractivity contribution in [2.75, 3.05) is 26.1 Å². The highest BCUT2D eigenvalue weighted by molar-refractivity contribution is 5.93. The second kappa shape index (κ2) is 11.3. The second-order valence-corrected chi connectivity index (χ2v) is 8.87. The van der Waals surface area contributed by atoms with Crippen molar-refractivity contribution in [1.82, 2.24) is 0 Å². The van der Waals surface area contributed by atoms with Crippen LogP contribution in [0.1, 0.15) is 55.7 Å². The molecule has 0 fully saturated rings. The van der Waals surface area contributed by atoms with E-state index in [0.29, 0.717) is 28.5 Å². The van der Waals surface area contributed by atoms with E-state index in [4.69, 9.17) is 18.6 Å². The molecule has 0 spiro atoms. The Bertz CT molecular complexity index is 1260. The standard InChI is InChI=1S/C28H33NO6/c1-4-5-6-7-9-18-14-22-20-10-8-11-21(20)28(31)35-25(22)16-24(18)34-17-27(30)29-23-13-12-19(32-2)15-26(23)33-3/h12-16H,4-11,17H2,1-3H3,(H,29,30). The minimum Gasteiger partial charge on any atom is -0.497 e. The van der Waals surface area contributed by atoms with Crippen LogP contribution >= 0.6 is 0 Å². The molecule has 1 N–H and O–H groups in total. The molecular formula is C28H33NO6. The zero-order valence-corrected chi connectivity index (χ0v) is 20.7. The van der Waals surface area contributed by atoms with Crippen molar-refractivity contribution in [3.63, 3.8) is 0 Å². The number of ether oxygens (including phenoxy) is 3. The van der Waals surface area contributed by atoms with Crippen LogP contribution in [0.2, 0.25) is 0 Å². The first kappa shape index (κ1) is 24.6. The Labute approximate surface area is 205 Å². The van der Waals surface area contributed by atoms with Gasteiger partial charge in [0, 0.05) is 23.1 Å². The summed E-state index contributed by atoms with van der Waals surface area (Å²) in [6.07, 6.45) is 7.98. The molecule has 1 aliphatic carbocycles. The Hall–Kier alpha value is -3.48. The molecule has 1 aliphatic rings. The highest BCUT2D eigenvalue weighted by Crippen LogP contribution is 2.33. The lowest BCUT2D eigenvalue weighted by molar-refractivity contribution is -0.118. The lowest BCUT2D eigenvalue weighted by atomic mass is 10.00. The average molecular weight is 480 g/mol. The van der Waals surface area contributed by atoms with Gasteiger partial charge in [0.25, 0.3) is 5.91 Å². The van der Waals surface area contributed by atoms with Crippen LogP contribution in [0, 0.1) is 0 Å². The summed E-state index contributed by atoms with van der Waals surface area (Å²) in [5.41, 5.74) is 3.71. The van der Waals surface area contributed by atoms with Crippen molar-refractivity contribution in [2.24, 2.45) is 0 Å². The summed E-state index contributed by atoms with van der Waals surface area (Å²) < 4.78 is 22.2. The van der Waals surface area contributed by atoms with Crippen LogP contribution < -0.4 is 25.2 Å². The van der Waals surface area contributed by atoms with Crippen molar-refractivity contribution in [1.29, 1.82) is 0 Å². The molecule has 0 saturated heterocycles. The van der Waals surface area contributed by atoms with Gasteiger partial charge in [-0.1, -0.05) is 26.2 Å². The molecule has 7 nitrogen and oxygen atoms in total. The molecular weight excluding hydrogens is 446 g/mol. The van der Waals surface area contributed by atoms with Gasteiger partial charge in [0.05, 0.1) is 19.9 Å². The largest absolute Gasteiger partial charge is 0.497 e. The molecule has 3 aromatic rings. The summed E-state index contributed by atoms with van der Waals surface area (Å²) in [7, 11) is 3.10. The van der Waals surface area contributed by atoms with Gasteiger partial charge in [-0.3, -0.25) is 4.79 Å². The summed E-state index contributed by atoms with van der Waals surface area (Å²) in [5, 5.41) is 3.81. The molecule has 1 aromatic heterocycles. The molecule has 0 radical (unpaired) electrons. The number of aryl methyl sites for hydroxylation is 2. The van der Waals surface area contributed by atoms with Gasteiger partial charge in [-0.15, -0.1) is 0 Å². The molecule has 35 heavy (non-hydrogen) atoms. The number of amides is 1. The molecule has 1 amide bonds. The number of carbonyl (C=O) groups is 1. The molecule has 0 aliphatic heterocycles. The molecule has 7 heteroatoms. The topological polar surface area (TPSA) is 87.0 Å². The van der Waals surface area contributed by atoms with Gasteiger partial charge in [-0.25, -0.2) is 4.79 Å². The number of hydrogen-bond donors (Lipinski definition) is 1. The summed E-state index contributed by atoms with van der Waals surface area (Å²) in [4.78, 5) is 25.1. The number of carbonyl (C=O) groups excluding carboxylic acids is 1. The van der Waals surface area contributed by atoms with Gasteiger partial charge in [0.15, 0.2) is 6.61 Å². The van der Waals surface area contributed by atoms with Gasteiger partial charge in [0.2, 0.25) is 0 Å². The van der Waals surface area contributed by atoms with E-state index in [-0.39, 0.29) is 18.1 Å². The fourth-order valence-corrected chi connectivity index (χ4v) is 4.66. The number of nitrogens with one attached hydrogen (secondary N) is 1. The number of rotatable bonds is 11. The summed E-state index contributed by atoms with van der Waals surface area (Å²) in [6.45, 7) is 2.00. The summed E-state index contributed by atoms with van der Waals surface area (Å²) >= 11 is 0. The van der Waals surface area contributed by atoms with Crippen molar-refractivity contribution in [3.05, 3.63) is 57.4 Å². The maximum atomic E-state index is 12.7. The van der Waals surface area contributed by atoms with E-state index in [0.717, 1.165) is 67.0 Å². The lowest BCUT2D eigenvalue weighted by Gasteiger charge is -2.15. The molecule has 0 atom stereocenters. The van der Waals surface area contributed by atoms with Gasteiger partial charge < -0.3 is 23.9 Å². The van der Waals surface area contributed by atoms with Gasteiger partial charge in [-0.2, -0.15) is 0 Å². The molecule has 1 heterocycles. The fourth-order valence-electron chi connectivity index (χ4n) is 4.66. The third kappa shape index (κ3) is 5.61. The van der Waals surface area contributed by atoms with E-state index in [1.807, 2.05) is 0 Å². The average Bonchev–Trinajstić information content (AvgIpc) is 3.37. The number of benzene rings is 2. The Morgan fingerprint density at radius 2 is 1.83 bits per heavy atom. The number of fused-ring (bicyclic) bond motifs is 3. The summed E-state index contributed by atoms with van der Waals surface area (Å²) in [5.74, 6) is 1.39. The Balaban J connectivity index is 1.55. The van der Waals surface area contributed by atoms with Crippen LogP contribution in [-0.2, 0) is 24.1 Å². The first-order valence-corrected chi connectivity index (χ1v) is 12.3. The Morgan fingerprint density at radius 3 is 2.60 bits per heavy atom. The van der Waals surface area contributed by atoms with Crippen LogP contribution in [0.25, 0.3) is 11.0 Å². The molecule has 4 rings (SSSR count). The molecule has 0 saturated carbocycles. The van der Waals surface area contributed by atoms with E-state index in [1.54, 1.807) is 31.4 Å². The molecule has 0 unspecified atom stereocenters. The number of methoxy groups -OCH3 is 2. The first-order valence-electron chi connectivity index (χ1n) is 12.3. The zero-order valence-electron chi connectivity index (χ0n) is 20.7. The maximum absolute atomic E-state index is 12.7.